The van der Waals surface area contributed by atoms with Crippen LogP contribution >= 0.6 is 0 Å². The minimum atomic E-state index is -0.116. The average Bonchev–Trinajstić information content (AvgIpc) is 2.33. The molecule has 2 rings (SSSR count). The lowest BCUT2D eigenvalue weighted by atomic mass is 9.74. The molecule has 0 aromatic rings. The van der Waals surface area contributed by atoms with E-state index in [0.717, 1.165) is 45.3 Å². The molecule has 2 aliphatic rings. The van der Waals surface area contributed by atoms with Gasteiger partial charge in [0.05, 0.1) is 6.10 Å². The number of piperidine rings is 1. The van der Waals surface area contributed by atoms with E-state index in [2.05, 4.69) is 4.90 Å². The van der Waals surface area contributed by atoms with E-state index in [1.165, 1.54) is 25.5 Å². The van der Waals surface area contributed by atoms with Crippen LogP contribution in [-0.4, -0.2) is 42.0 Å². The monoisotopic (exact) mass is 225 g/mol. The molecule has 1 saturated carbocycles. The van der Waals surface area contributed by atoms with E-state index in [4.69, 9.17) is 0 Å². The molecule has 1 saturated heterocycles. The largest absolute Gasteiger partial charge is 0.393 e. The summed E-state index contributed by atoms with van der Waals surface area (Å²) in [6.45, 7) is 2.83. The lowest BCUT2D eigenvalue weighted by Crippen LogP contribution is -2.44. The summed E-state index contributed by atoms with van der Waals surface area (Å²) in [6.07, 6.45) is 8.65. The highest BCUT2D eigenvalue weighted by atomic mass is 16.3. The van der Waals surface area contributed by atoms with Gasteiger partial charge in [-0.25, -0.2) is 0 Å². The van der Waals surface area contributed by atoms with Gasteiger partial charge in [-0.2, -0.15) is 0 Å². The second-order valence-corrected chi connectivity index (χ2v) is 5.55. The molecule has 0 bridgehead atoms. The minimum Gasteiger partial charge on any atom is -0.393 e. The van der Waals surface area contributed by atoms with Crippen LogP contribution in [0.3, 0.4) is 0 Å². The van der Waals surface area contributed by atoms with Crippen molar-refractivity contribution in [1.82, 2.24) is 4.90 Å². The highest BCUT2D eigenvalue weighted by Gasteiger charge is 2.34. The van der Waals surface area contributed by atoms with Gasteiger partial charge in [0.25, 0.3) is 0 Å². The van der Waals surface area contributed by atoms with Crippen LogP contribution in [0.4, 0.5) is 0 Å². The second kappa shape index (κ2) is 5.28. The zero-order valence-electron chi connectivity index (χ0n) is 10.0. The molecule has 0 aromatic heterocycles. The van der Waals surface area contributed by atoms with E-state index in [1.807, 2.05) is 0 Å². The standard InChI is InChI=1S/C13H23NO2/c15-11-13(6-2-1-3-7-13)10-14-8-4-12(16)5-9-14/h11-12,16H,1-10H2. The van der Waals surface area contributed by atoms with Crippen LogP contribution in [0, 0.1) is 5.41 Å². The van der Waals surface area contributed by atoms with E-state index in [9.17, 15) is 9.90 Å². The summed E-state index contributed by atoms with van der Waals surface area (Å²) in [5.41, 5.74) is -0.0689. The van der Waals surface area contributed by atoms with Crippen molar-refractivity contribution >= 4 is 6.29 Å². The Balaban J connectivity index is 1.88. The third kappa shape index (κ3) is 2.83. The Hall–Kier alpha value is -0.410. The zero-order valence-corrected chi connectivity index (χ0v) is 10.0. The Morgan fingerprint density at radius 3 is 2.38 bits per heavy atom. The van der Waals surface area contributed by atoms with Gasteiger partial charge in [0.1, 0.15) is 6.29 Å². The Morgan fingerprint density at radius 2 is 1.81 bits per heavy atom. The summed E-state index contributed by atoms with van der Waals surface area (Å²) >= 11 is 0. The number of hydrogen-bond donors (Lipinski definition) is 1. The maximum absolute atomic E-state index is 11.3. The molecule has 3 heteroatoms. The number of rotatable bonds is 3. The summed E-state index contributed by atoms with van der Waals surface area (Å²) < 4.78 is 0. The molecule has 1 aliphatic heterocycles. The number of nitrogens with zero attached hydrogens (tertiary/aromatic N) is 1. The average molecular weight is 225 g/mol. The number of carbonyl (C=O) groups excluding carboxylic acids is 1. The van der Waals surface area contributed by atoms with Gasteiger partial charge < -0.3 is 14.8 Å². The molecule has 1 heterocycles. The fraction of sp³-hybridized carbons (Fsp3) is 0.923. The van der Waals surface area contributed by atoms with Crippen LogP contribution < -0.4 is 0 Å². The number of carbonyl (C=O) groups is 1. The normalized spacial score (nSPS) is 27.8. The third-order valence-corrected chi connectivity index (χ3v) is 4.19. The molecule has 0 amide bonds. The summed E-state index contributed by atoms with van der Waals surface area (Å²) in [4.78, 5) is 13.7. The number of likely N-dealkylation sites (tertiary alicyclic amines) is 1. The molecule has 2 fully saturated rings. The molecule has 92 valence electrons. The van der Waals surface area contributed by atoms with Gasteiger partial charge in [-0.15, -0.1) is 0 Å². The van der Waals surface area contributed by atoms with Crippen molar-refractivity contribution in [3.05, 3.63) is 0 Å². The predicted octanol–water partition coefficient (Wildman–Crippen LogP) is 1.59. The number of aliphatic hydroxyl groups excluding tert-OH is 1. The molecular weight excluding hydrogens is 202 g/mol. The minimum absolute atomic E-state index is 0.0689. The predicted molar refractivity (Wildman–Crippen MR) is 63.3 cm³/mol. The number of aldehydes is 1. The SMILES string of the molecule is O=CC1(CN2CCC(O)CC2)CCCCC1. The van der Waals surface area contributed by atoms with Gasteiger partial charge in [-0.1, -0.05) is 19.3 Å². The smallest absolute Gasteiger partial charge is 0.127 e. The Bertz CT molecular complexity index is 228. The second-order valence-electron chi connectivity index (χ2n) is 5.55. The maximum atomic E-state index is 11.3. The summed E-state index contributed by atoms with van der Waals surface area (Å²) in [5, 5.41) is 9.46. The Morgan fingerprint density at radius 1 is 1.19 bits per heavy atom. The maximum Gasteiger partial charge on any atom is 0.127 e. The summed E-state index contributed by atoms with van der Waals surface area (Å²) in [6, 6.07) is 0. The molecular formula is C13H23NO2. The molecule has 1 N–H and O–H groups in total. The molecule has 0 aromatic carbocycles. The van der Waals surface area contributed by atoms with Crippen LogP contribution in [0.25, 0.3) is 0 Å². The summed E-state index contributed by atoms with van der Waals surface area (Å²) in [5.74, 6) is 0. The molecule has 0 unspecified atom stereocenters. The molecule has 3 nitrogen and oxygen atoms in total. The summed E-state index contributed by atoms with van der Waals surface area (Å²) in [7, 11) is 0. The highest BCUT2D eigenvalue weighted by molar-refractivity contribution is 5.60. The Labute approximate surface area is 97.8 Å². The third-order valence-electron chi connectivity index (χ3n) is 4.19. The van der Waals surface area contributed by atoms with Crippen molar-refractivity contribution in [2.45, 2.75) is 51.0 Å². The molecule has 1 aliphatic carbocycles. The first-order valence-corrected chi connectivity index (χ1v) is 6.61. The lowest BCUT2D eigenvalue weighted by Gasteiger charge is -2.39. The molecule has 0 radical (unpaired) electrons. The van der Waals surface area contributed by atoms with E-state index in [1.54, 1.807) is 0 Å². The van der Waals surface area contributed by atoms with Crippen LogP contribution in [0.5, 0.6) is 0 Å². The molecule has 0 spiro atoms. The zero-order chi connectivity index (χ0) is 11.4. The van der Waals surface area contributed by atoms with Crippen molar-refractivity contribution in [3.8, 4) is 0 Å². The Kier molecular flexibility index (Phi) is 3.98. The van der Waals surface area contributed by atoms with Gasteiger partial charge in [0, 0.05) is 25.0 Å². The van der Waals surface area contributed by atoms with Gasteiger partial charge in [0.15, 0.2) is 0 Å². The van der Waals surface area contributed by atoms with E-state index < -0.39 is 0 Å². The first kappa shape index (κ1) is 12.1. The van der Waals surface area contributed by atoms with Crippen molar-refractivity contribution in [2.75, 3.05) is 19.6 Å². The van der Waals surface area contributed by atoms with Crippen LogP contribution in [0.2, 0.25) is 0 Å². The van der Waals surface area contributed by atoms with E-state index in [-0.39, 0.29) is 11.5 Å². The van der Waals surface area contributed by atoms with Crippen molar-refractivity contribution in [2.24, 2.45) is 5.41 Å². The highest BCUT2D eigenvalue weighted by Crippen LogP contribution is 2.35. The molecule has 0 atom stereocenters. The fourth-order valence-corrected chi connectivity index (χ4v) is 3.09. The topological polar surface area (TPSA) is 40.5 Å². The first-order valence-electron chi connectivity index (χ1n) is 6.61. The van der Waals surface area contributed by atoms with Crippen molar-refractivity contribution in [1.29, 1.82) is 0 Å². The van der Waals surface area contributed by atoms with Crippen LogP contribution in [0.15, 0.2) is 0 Å². The van der Waals surface area contributed by atoms with Crippen LogP contribution in [-0.2, 0) is 4.79 Å². The van der Waals surface area contributed by atoms with Crippen LogP contribution in [0.1, 0.15) is 44.9 Å². The van der Waals surface area contributed by atoms with E-state index >= 15 is 0 Å². The fourth-order valence-electron chi connectivity index (χ4n) is 3.09. The van der Waals surface area contributed by atoms with Gasteiger partial charge in [0.2, 0.25) is 0 Å². The van der Waals surface area contributed by atoms with Crippen molar-refractivity contribution < 1.29 is 9.90 Å². The lowest BCUT2D eigenvalue weighted by molar-refractivity contribution is -0.119. The number of aliphatic hydroxyl groups is 1. The molecule has 16 heavy (non-hydrogen) atoms. The first-order chi connectivity index (χ1) is 7.74. The van der Waals surface area contributed by atoms with E-state index in [0.29, 0.717) is 0 Å². The van der Waals surface area contributed by atoms with Gasteiger partial charge in [-0.3, -0.25) is 0 Å². The van der Waals surface area contributed by atoms with Gasteiger partial charge >= 0.3 is 0 Å². The number of hydrogen-bond acceptors (Lipinski definition) is 3. The quantitative estimate of drug-likeness (QED) is 0.742. The van der Waals surface area contributed by atoms with Gasteiger partial charge in [-0.05, 0) is 25.7 Å². The van der Waals surface area contributed by atoms with Crippen molar-refractivity contribution in [3.63, 3.8) is 0 Å².